The smallest absolute Gasteiger partial charge is 0.240 e. The van der Waals surface area contributed by atoms with Gasteiger partial charge in [0.05, 0.1) is 30.3 Å². The number of nitrogens with one attached hydrogen (secondary N) is 1. The summed E-state index contributed by atoms with van der Waals surface area (Å²) in [6, 6.07) is 3.61. The van der Waals surface area contributed by atoms with E-state index in [1.807, 2.05) is 13.8 Å². The van der Waals surface area contributed by atoms with Crippen molar-refractivity contribution in [3.05, 3.63) is 23.8 Å². The molecule has 3 N–H and O–H groups in total. The third-order valence-electron chi connectivity index (χ3n) is 2.58. The number of hydrogen-bond donors (Lipinski definition) is 3. The van der Waals surface area contributed by atoms with Crippen molar-refractivity contribution in [2.75, 3.05) is 13.2 Å². The molecule has 7 heteroatoms. The zero-order chi connectivity index (χ0) is 15.3. The number of hydrogen-bond acceptors (Lipinski definition) is 5. The normalized spacial score (nSPS) is 12.2. The Balaban J connectivity index is 2.99. The minimum Gasteiger partial charge on any atom is -0.491 e. The van der Waals surface area contributed by atoms with Crippen molar-refractivity contribution in [1.29, 1.82) is 0 Å². The van der Waals surface area contributed by atoms with Gasteiger partial charge >= 0.3 is 0 Å². The van der Waals surface area contributed by atoms with Crippen molar-refractivity contribution < 1.29 is 23.4 Å². The zero-order valence-electron chi connectivity index (χ0n) is 11.8. The Morgan fingerprint density at radius 2 is 1.85 bits per heavy atom. The van der Waals surface area contributed by atoms with E-state index < -0.39 is 29.3 Å². The summed E-state index contributed by atoms with van der Waals surface area (Å²) in [5.74, 6) is 0.625. The fourth-order valence-electron chi connectivity index (χ4n) is 1.59. The molecule has 6 nitrogen and oxygen atoms in total. The quantitative estimate of drug-likeness (QED) is 0.678. The van der Waals surface area contributed by atoms with E-state index in [0.717, 1.165) is 0 Å². The van der Waals surface area contributed by atoms with E-state index in [9.17, 15) is 8.42 Å². The maximum absolute atomic E-state index is 12.1. The van der Waals surface area contributed by atoms with E-state index in [2.05, 4.69) is 4.72 Å². The van der Waals surface area contributed by atoms with Gasteiger partial charge in [-0.15, -0.1) is 0 Å². The molecule has 0 saturated heterocycles. The van der Waals surface area contributed by atoms with Crippen LogP contribution in [0.1, 0.15) is 19.4 Å². The number of aliphatic hydroxyl groups is 2. The van der Waals surface area contributed by atoms with Crippen molar-refractivity contribution in [3.63, 3.8) is 0 Å². The molecule has 0 saturated carbocycles. The first-order chi connectivity index (χ1) is 9.30. The summed E-state index contributed by atoms with van der Waals surface area (Å²) in [6.45, 7) is 4.59. The topological polar surface area (TPSA) is 95.9 Å². The van der Waals surface area contributed by atoms with E-state index in [0.29, 0.717) is 11.3 Å². The van der Waals surface area contributed by atoms with Crippen LogP contribution in [0.5, 0.6) is 5.75 Å². The van der Waals surface area contributed by atoms with Crippen LogP contribution in [0.15, 0.2) is 23.1 Å². The summed E-state index contributed by atoms with van der Waals surface area (Å²) in [4.78, 5) is 0.0676. The number of sulfonamides is 1. The molecule has 0 aliphatic carbocycles. The van der Waals surface area contributed by atoms with Crippen molar-refractivity contribution in [2.45, 2.75) is 37.8 Å². The minimum absolute atomic E-state index is 0.00226. The van der Waals surface area contributed by atoms with Gasteiger partial charge in [0.15, 0.2) is 0 Å². The van der Waals surface area contributed by atoms with Gasteiger partial charge in [0.25, 0.3) is 0 Å². The molecule has 1 rings (SSSR count). The highest BCUT2D eigenvalue weighted by Crippen LogP contribution is 2.22. The SMILES string of the molecule is Cc1cc(S(=O)(=O)NC(CO)CO)ccc1OC(C)C. The maximum Gasteiger partial charge on any atom is 0.240 e. The molecule has 0 heterocycles. The van der Waals surface area contributed by atoms with Crippen LogP contribution in [0.25, 0.3) is 0 Å². The highest BCUT2D eigenvalue weighted by atomic mass is 32.2. The van der Waals surface area contributed by atoms with Crippen molar-refractivity contribution in [1.82, 2.24) is 4.72 Å². The molecule has 0 aromatic heterocycles. The van der Waals surface area contributed by atoms with E-state index in [4.69, 9.17) is 14.9 Å². The zero-order valence-corrected chi connectivity index (χ0v) is 12.6. The first kappa shape index (κ1) is 16.9. The lowest BCUT2D eigenvalue weighted by Gasteiger charge is -2.16. The van der Waals surface area contributed by atoms with Crippen LogP contribution in [0.4, 0.5) is 0 Å². The fraction of sp³-hybridized carbons (Fsp3) is 0.538. The highest BCUT2D eigenvalue weighted by Gasteiger charge is 2.20. The summed E-state index contributed by atoms with van der Waals surface area (Å²) in [7, 11) is -3.78. The Kier molecular flexibility index (Phi) is 5.94. The van der Waals surface area contributed by atoms with Gasteiger partial charge in [-0.2, -0.15) is 0 Å². The lowest BCUT2D eigenvalue weighted by molar-refractivity contribution is 0.185. The van der Waals surface area contributed by atoms with E-state index >= 15 is 0 Å². The second-order valence-corrected chi connectivity index (χ2v) is 6.49. The molecule has 0 bridgehead atoms. The van der Waals surface area contributed by atoms with Crippen molar-refractivity contribution >= 4 is 10.0 Å². The van der Waals surface area contributed by atoms with Gasteiger partial charge in [-0.25, -0.2) is 13.1 Å². The average Bonchev–Trinajstić information content (AvgIpc) is 2.37. The average molecular weight is 303 g/mol. The Morgan fingerprint density at radius 3 is 2.30 bits per heavy atom. The Morgan fingerprint density at radius 1 is 1.25 bits per heavy atom. The fourth-order valence-corrected chi connectivity index (χ4v) is 2.90. The minimum atomic E-state index is -3.78. The Hall–Kier alpha value is -1.15. The predicted molar refractivity (Wildman–Crippen MR) is 75.2 cm³/mol. The summed E-state index contributed by atoms with van der Waals surface area (Å²) < 4.78 is 31.9. The van der Waals surface area contributed by atoms with Crippen molar-refractivity contribution in [2.24, 2.45) is 0 Å². The molecular formula is C13H21NO5S. The molecule has 0 aliphatic rings. The monoisotopic (exact) mass is 303 g/mol. The molecule has 1 aromatic carbocycles. The molecule has 114 valence electrons. The van der Waals surface area contributed by atoms with Gasteiger partial charge in [0.2, 0.25) is 10.0 Å². The number of aryl methyl sites for hydroxylation is 1. The first-order valence-corrected chi connectivity index (χ1v) is 7.79. The van der Waals surface area contributed by atoms with E-state index in [1.165, 1.54) is 12.1 Å². The molecule has 0 amide bonds. The van der Waals surface area contributed by atoms with Gasteiger partial charge in [0.1, 0.15) is 5.75 Å². The van der Waals surface area contributed by atoms with Gasteiger partial charge in [-0.1, -0.05) is 0 Å². The molecule has 0 unspecified atom stereocenters. The molecule has 1 aromatic rings. The van der Waals surface area contributed by atoms with Crippen LogP contribution >= 0.6 is 0 Å². The lowest BCUT2D eigenvalue weighted by Crippen LogP contribution is -2.40. The third kappa shape index (κ3) is 4.45. The Bertz CT molecular complexity index is 538. The molecule has 0 aliphatic heterocycles. The lowest BCUT2D eigenvalue weighted by atomic mass is 10.2. The first-order valence-electron chi connectivity index (χ1n) is 6.31. The van der Waals surface area contributed by atoms with Gasteiger partial charge in [-0.3, -0.25) is 0 Å². The molecule has 0 radical (unpaired) electrons. The second-order valence-electron chi connectivity index (χ2n) is 4.78. The predicted octanol–water partition coefficient (Wildman–Crippen LogP) is 0.414. The molecular weight excluding hydrogens is 282 g/mol. The summed E-state index contributed by atoms with van der Waals surface area (Å²) in [5, 5.41) is 17.9. The highest BCUT2D eigenvalue weighted by molar-refractivity contribution is 7.89. The number of benzene rings is 1. The molecule has 0 fully saturated rings. The van der Waals surface area contributed by atoms with E-state index in [-0.39, 0.29) is 11.0 Å². The van der Waals surface area contributed by atoms with Crippen LogP contribution in [0.2, 0.25) is 0 Å². The standard InChI is InChI=1S/C13H21NO5S/c1-9(2)19-13-5-4-12(6-10(13)3)20(17,18)14-11(7-15)8-16/h4-6,9,11,14-16H,7-8H2,1-3H3. The van der Waals surface area contributed by atoms with Gasteiger partial charge in [0, 0.05) is 0 Å². The van der Waals surface area contributed by atoms with Crippen LogP contribution in [0, 0.1) is 6.92 Å². The van der Waals surface area contributed by atoms with Crippen LogP contribution in [-0.4, -0.2) is 44.0 Å². The van der Waals surface area contributed by atoms with Crippen molar-refractivity contribution in [3.8, 4) is 5.75 Å². The number of rotatable bonds is 7. The molecule has 20 heavy (non-hydrogen) atoms. The molecule has 0 atom stereocenters. The molecule has 0 spiro atoms. The Labute approximate surface area is 119 Å². The van der Waals surface area contributed by atoms with E-state index in [1.54, 1.807) is 13.0 Å². The largest absolute Gasteiger partial charge is 0.491 e. The summed E-state index contributed by atoms with van der Waals surface area (Å²) in [6.07, 6.45) is 0.00226. The number of aliphatic hydroxyl groups excluding tert-OH is 2. The summed E-state index contributed by atoms with van der Waals surface area (Å²) in [5.41, 5.74) is 0.700. The second kappa shape index (κ2) is 7.03. The summed E-state index contributed by atoms with van der Waals surface area (Å²) >= 11 is 0. The van der Waals surface area contributed by atoms with Crippen LogP contribution < -0.4 is 9.46 Å². The van der Waals surface area contributed by atoms with Crippen LogP contribution in [-0.2, 0) is 10.0 Å². The maximum atomic E-state index is 12.1. The van der Waals surface area contributed by atoms with Gasteiger partial charge in [-0.05, 0) is 44.5 Å². The third-order valence-corrected chi connectivity index (χ3v) is 4.10. The van der Waals surface area contributed by atoms with Crippen LogP contribution in [0.3, 0.4) is 0 Å². The number of ether oxygens (including phenoxy) is 1. The van der Waals surface area contributed by atoms with Gasteiger partial charge < -0.3 is 14.9 Å².